The quantitative estimate of drug-likeness (QED) is 0.844. The maximum absolute atomic E-state index is 12.3. The van der Waals surface area contributed by atoms with E-state index >= 15 is 0 Å². The number of amides is 1. The summed E-state index contributed by atoms with van der Waals surface area (Å²) in [5, 5.41) is 7.07. The molecule has 2 heterocycles. The fourth-order valence-electron chi connectivity index (χ4n) is 2.77. The number of hydrogen-bond acceptors (Lipinski definition) is 5. The van der Waals surface area contributed by atoms with Crippen molar-refractivity contribution in [3.05, 3.63) is 47.8 Å². The second-order valence-electron chi connectivity index (χ2n) is 5.96. The Labute approximate surface area is 145 Å². The van der Waals surface area contributed by atoms with Crippen LogP contribution in [0.4, 0.5) is 5.69 Å². The third-order valence-corrected chi connectivity index (χ3v) is 4.12. The molecule has 1 aromatic carbocycles. The van der Waals surface area contributed by atoms with Crippen LogP contribution in [0.2, 0.25) is 0 Å². The molecule has 1 saturated heterocycles. The van der Waals surface area contributed by atoms with Gasteiger partial charge >= 0.3 is 5.97 Å². The summed E-state index contributed by atoms with van der Waals surface area (Å²) in [6.07, 6.45) is 6.92. The Morgan fingerprint density at radius 1 is 1.28 bits per heavy atom. The topological polar surface area (TPSA) is 82.5 Å². The van der Waals surface area contributed by atoms with E-state index in [-0.39, 0.29) is 12.0 Å². The maximum atomic E-state index is 12.3. The number of nitrogens with zero attached hydrogens (tertiary/aromatic N) is 2. The molecule has 1 aliphatic rings. The largest absolute Gasteiger partial charge is 0.465 e. The van der Waals surface area contributed by atoms with Gasteiger partial charge in [-0.1, -0.05) is 0 Å². The van der Waals surface area contributed by atoms with Crippen molar-refractivity contribution in [2.45, 2.75) is 31.9 Å². The maximum Gasteiger partial charge on any atom is 0.337 e. The van der Waals surface area contributed by atoms with Gasteiger partial charge < -0.3 is 14.8 Å². The molecule has 1 fully saturated rings. The Morgan fingerprint density at radius 2 is 2.04 bits per heavy atom. The van der Waals surface area contributed by atoms with Crippen molar-refractivity contribution in [3.8, 4) is 0 Å². The first-order valence-corrected chi connectivity index (χ1v) is 8.29. The number of ether oxygens (including phenoxy) is 2. The molecule has 7 nitrogen and oxygen atoms in total. The first kappa shape index (κ1) is 17.2. The van der Waals surface area contributed by atoms with E-state index in [1.165, 1.54) is 13.5 Å². The Hall–Kier alpha value is -2.67. The highest BCUT2D eigenvalue weighted by Crippen LogP contribution is 2.16. The Balaban J connectivity index is 1.58. The van der Waals surface area contributed by atoms with Crippen molar-refractivity contribution < 1.29 is 19.1 Å². The van der Waals surface area contributed by atoms with Crippen LogP contribution in [-0.4, -0.2) is 41.5 Å². The first-order valence-electron chi connectivity index (χ1n) is 8.29. The predicted octanol–water partition coefficient (Wildman–Crippen LogP) is 2.49. The highest BCUT2D eigenvalue weighted by molar-refractivity contribution is 6.04. The van der Waals surface area contributed by atoms with E-state index in [1.54, 1.807) is 41.3 Å². The van der Waals surface area contributed by atoms with Gasteiger partial charge in [-0.2, -0.15) is 5.10 Å². The van der Waals surface area contributed by atoms with Crippen molar-refractivity contribution >= 4 is 17.6 Å². The summed E-state index contributed by atoms with van der Waals surface area (Å²) in [5.74, 6) is -0.692. The molecular formula is C18H21N3O4. The third kappa shape index (κ3) is 4.45. The second-order valence-corrected chi connectivity index (χ2v) is 5.96. The molecule has 1 atom stereocenters. The zero-order valence-corrected chi connectivity index (χ0v) is 14.1. The van der Waals surface area contributed by atoms with Gasteiger partial charge in [-0.3, -0.25) is 9.48 Å². The Morgan fingerprint density at radius 3 is 2.72 bits per heavy atom. The normalized spacial score (nSPS) is 17.1. The summed E-state index contributed by atoms with van der Waals surface area (Å²) in [6.45, 7) is 1.49. The summed E-state index contributed by atoms with van der Waals surface area (Å²) in [5.41, 5.74) is 1.48. The van der Waals surface area contributed by atoms with Gasteiger partial charge in [0, 0.05) is 18.4 Å². The molecule has 0 radical (unpaired) electrons. The average Bonchev–Trinajstić information content (AvgIpc) is 3.08. The number of rotatable bonds is 5. The van der Waals surface area contributed by atoms with Gasteiger partial charge in [0.15, 0.2) is 0 Å². The molecule has 25 heavy (non-hydrogen) atoms. The lowest BCUT2D eigenvalue weighted by molar-refractivity contribution is 0.00400. The van der Waals surface area contributed by atoms with Gasteiger partial charge in [0.1, 0.15) is 0 Å². The Bertz CT molecular complexity index is 733. The molecule has 132 valence electrons. The van der Waals surface area contributed by atoms with Gasteiger partial charge in [-0.25, -0.2) is 4.79 Å². The molecule has 1 aliphatic heterocycles. The number of carbonyl (C=O) groups excluding carboxylic acids is 2. The van der Waals surface area contributed by atoms with Crippen molar-refractivity contribution in [2.24, 2.45) is 0 Å². The highest BCUT2D eigenvalue weighted by atomic mass is 16.5. The lowest BCUT2D eigenvalue weighted by Crippen LogP contribution is -2.24. The first-order chi connectivity index (χ1) is 12.2. The number of carbonyl (C=O) groups is 2. The molecule has 7 heteroatoms. The molecular weight excluding hydrogens is 322 g/mol. The van der Waals surface area contributed by atoms with Gasteiger partial charge in [-0.05, 0) is 43.5 Å². The van der Waals surface area contributed by atoms with Crippen LogP contribution in [-0.2, 0) is 16.0 Å². The number of esters is 1. The molecule has 1 amide bonds. The number of aromatic nitrogens is 2. The standard InChI is InChI=1S/C18H21N3O4/c1-24-18(23)14-7-5-13(6-8-14)17(22)20-15-10-19-21(11-15)12-16-4-2-3-9-25-16/h5-8,10-11,16H,2-4,9,12H2,1H3,(H,20,22)/t16-/m0/s1. The zero-order chi connectivity index (χ0) is 17.6. The minimum atomic E-state index is -0.432. The number of methoxy groups -OCH3 is 1. The number of nitrogens with one attached hydrogen (secondary N) is 1. The molecule has 2 aromatic rings. The smallest absolute Gasteiger partial charge is 0.337 e. The summed E-state index contributed by atoms with van der Waals surface area (Å²) < 4.78 is 12.1. The van der Waals surface area contributed by atoms with Gasteiger partial charge in [0.2, 0.25) is 0 Å². The van der Waals surface area contributed by atoms with E-state index in [0.717, 1.165) is 19.4 Å². The van der Waals surface area contributed by atoms with E-state index in [2.05, 4.69) is 15.2 Å². The number of benzene rings is 1. The SMILES string of the molecule is COC(=O)c1ccc(C(=O)Nc2cnn(C[C@@H]3CCCCO3)c2)cc1. The third-order valence-electron chi connectivity index (χ3n) is 4.12. The summed E-state index contributed by atoms with van der Waals surface area (Å²) in [6, 6.07) is 6.29. The molecule has 1 N–H and O–H groups in total. The van der Waals surface area contributed by atoms with Gasteiger partial charge in [0.05, 0.1) is 37.2 Å². The summed E-state index contributed by atoms with van der Waals surface area (Å²) in [4.78, 5) is 23.7. The van der Waals surface area contributed by atoms with Crippen LogP contribution in [0.5, 0.6) is 0 Å². The average molecular weight is 343 g/mol. The van der Waals surface area contributed by atoms with Crippen molar-refractivity contribution in [2.75, 3.05) is 19.0 Å². The van der Waals surface area contributed by atoms with E-state index in [4.69, 9.17) is 4.74 Å². The van der Waals surface area contributed by atoms with Crippen LogP contribution in [0.15, 0.2) is 36.7 Å². The molecule has 0 saturated carbocycles. The summed E-state index contributed by atoms with van der Waals surface area (Å²) in [7, 11) is 1.32. The van der Waals surface area contributed by atoms with Crippen LogP contribution < -0.4 is 5.32 Å². The Kier molecular flexibility index (Phi) is 5.45. The van der Waals surface area contributed by atoms with E-state index < -0.39 is 5.97 Å². The minimum absolute atomic E-state index is 0.183. The minimum Gasteiger partial charge on any atom is -0.465 e. The molecule has 3 rings (SSSR count). The van der Waals surface area contributed by atoms with Crippen molar-refractivity contribution in [1.29, 1.82) is 0 Å². The number of hydrogen-bond donors (Lipinski definition) is 1. The molecule has 0 bridgehead atoms. The van der Waals surface area contributed by atoms with Gasteiger partial charge in [0.25, 0.3) is 5.91 Å². The lowest BCUT2D eigenvalue weighted by Gasteiger charge is -2.22. The van der Waals surface area contributed by atoms with E-state index in [9.17, 15) is 9.59 Å². The van der Waals surface area contributed by atoms with Crippen LogP contribution in [0.25, 0.3) is 0 Å². The van der Waals surface area contributed by atoms with E-state index in [0.29, 0.717) is 23.4 Å². The van der Waals surface area contributed by atoms with Crippen LogP contribution in [0.3, 0.4) is 0 Å². The monoisotopic (exact) mass is 343 g/mol. The van der Waals surface area contributed by atoms with E-state index in [1.807, 2.05) is 0 Å². The van der Waals surface area contributed by atoms with Crippen molar-refractivity contribution in [1.82, 2.24) is 9.78 Å². The van der Waals surface area contributed by atoms with Crippen LogP contribution in [0.1, 0.15) is 40.0 Å². The molecule has 0 aliphatic carbocycles. The molecule has 0 spiro atoms. The molecule has 0 unspecified atom stereocenters. The van der Waals surface area contributed by atoms with Crippen LogP contribution in [0, 0.1) is 0 Å². The lowest BCUT2D eigenvalue weighted by atomic mass is 10.1. The fourth-order valence-corrected chi connectivity index (χ4v) is 2.77. The number of anilines is 1. The zero-order valence-electron chi connectivity index (χ0n) is 14.1. The summed E-state index contributed by atoms with van der Waals surface area (Å²) >= 11 is 0. The van der Waals surface area contributed by atoms with Gasteiger partial charge in [-0.15, -0.1) is 0 Å². The second kappa shape index (κ2) is 7.94. The van der Waals surface area contributed by atoms with Crippen LogP contribution >= 0.6 is 0 Å². The van der Waals surface area contributed by atoms with Crippen molar-refractivity contribution in [3.63, 3.8) is 0 Å². The predicted molar refractivity (Wildman–Crippen MR) is 91.6 cm³/mol. The molecule has 1 aromatic heterocycles. The highest BCUT2D eigenvalue weighted by Gasteiger charge is 2.15. The fraction of sp³-hybridized carbons (Fsp3) is 0.389.